The molecule has 0 unspecified atom stereocenters. The zero-order chi connectivity index (χ0) is 15.3. The highest BCUT2D eigenvalue weighted by atomic mass is 79.9. The van der Waals surface area contributed by atoms with E-state index in [0.29, 0.717) is 18.8 Å². The van der Waals surface area contributed by atoms with Gasteiger partial charge in [-0.2, -0.15) is 0 Å². The first-order chi connectivity index (χ1) is 9.23. The van der Waals surface area contributed by atoms with Gasteiger partial charge in [0.1, 0.15) is 11.3 Å². The van der Waals surface area contributed by atoms with Gasteiger partial charge >= 0.3 is 12.1 Å². The summed E-state index contributed by atoms with van der Waals surface area (Å²) in [4.78, 5) is 23.0. The minimum atomic E-state index is -0.530. The van der Waals surface area contributed by atoms with Gasteiger partial charge in [0.15, 0.2) is 0 Å². The lowest BCUT2D eigenvalue weighted by molar-refractivity contribution is 0.0526. The third kappa shape index (κ3) is 5.24. The molecule has 1 aromatic heterocycles. The first kappa shape index (κ1) is 16.6. The Balaban J connectivity index is 2.54. The number of rotatable bonds is 4. The highest BCUT2D eigenvalue weighted by Crippen LogP contribution is 2.15. The number of esters is 1. The molecule has 7 heteroatoms. The summed E-state index contributed by atoms with van der Waals surface area (Å²) in [5.74, 6) is -0.423. The Labute approximate surface area is 126 Å². The molecule has 0 aliphatic rings. The summed E-state index contributed by atoms with van der Waals surface area (Å²) >= 11 is 3.30. The molecule has 6 nitrogen and oxygen atoms in total. The number of amides is 1. The second-order valence-corrected chi connectivity index (χ2v) is 6.07. The van der Waals surface area contributed by atoms with Gasteiger partial charge in [0.2, 0.25) is 0 Å². The molecule has 20 heavy (non-hydrogen) atoms. The summed E-state index contributed by atoms with van der Waals surface area (Å²) in [6.07, 6.45) is 1.27. The van der Waals surface area contributed by atoms with Gasteiger partial charge in [0, 0.05) is 23.8 Å². The Morgan fingerprint density at radius 3 is 2.60 bits per heavy atom. The summed E-state index contributed by atoms with van der Waals surface area (Å²) in [6, 6.07) is 1.67. The van der Waals surface area contributed by atoms with Crippen LogP contribution in [0.4, 0.5) is 4.79 Å². The molecule has 0 saturated heterocycles. The van der Waals surface area contributed by atoms with E-state index in [0.717, 1.165) is 4.47 Å². The van der Waals surface area contributed by atoms with Crippen LogP contribution >= 0.6 is 15.9 Å². The number of methoxy groups -OCH3 is 1. The number of alkyl carbamates (subject to hydrolysis) is 1. The van der Waals surface area contributed by atoms with Gasteiger partial charge < -0.3 is 19.4 Å². The second-order valence-electron chi connectivity index (χ2n) is 5.16. The lowest BCUT2D eigenvalue weighted by Crippen LogP contribution is -2.34. The number of nitrogens with one attached hydrogen (secondary N) is 1. The van der Waals surface area contributed by atoms with E-state index in [1.165, 1.54) is 7.11 Å². The standard InChI is InChI=1S/C13H19BrN2O4/c1-13(2,3)20-12(18)15-5-6-16-8-9(14)7-10(16)11(17)19-4/h7-8H,5-6H2,1-4H3,(H,15,18). The van der Waals surface area contributed by atoms with Gasteiger partial charge in [-0.05, 0) is 42.8 Å². The number of hydrogen-bond acceptors (Lipinski definition) is 4. The molecule has 1 rings (SSSR count). The SMILES string of the molecule is COC(=O)c1cc(Br)cn1CCNC(=O)OC(C)(C)C. The van der Waals surface area contributed by atoms with Crippen molar-refractivity contribution in [3.8, 4) is 0 Å². The molecule has 1 N–H and O–H groups in total. The van der Waals surface area contributed by atoms with E-state index in [9.17, 15) is 9.59 Å². The molecular formula is C13H19BrN2O4. The van der Waals surface area contributed by atoms with Crippen LogP contribution in [-0.2, 0) is 16.0 Å². The van der Waals surface area contributed by atoms with E-state index >= 15 is 0 Å². The van der Waals surface area contributed by atoms with Crippen LogP contribution in [0.5, 0.6) is 0 Å². The molecule has 0 aliphatic carbocycles. The predicted molar refractivity (Wildman–Crippen MR) is 77.7 cm³/mol. The quantitative estimate of drug-likeness (QED) is 0.850. The van der Waals surface area contributed by atoms with Gasteiger partial charge in [-0.25, -0.2) is 9.59 Å². The average molecular weight is 347 g/mol. The molecule has 1 heterocycles. The van der Waals surface area contributed by atoms with E-state index in [2.05, 4.69) is 21.2 Å². The van der Waals surface area contributed by atoms with Crippen molar-refractivity contribution in [2.45, 2.75) is 32.9 Å². The molecule has 0 aliphatic heterocycles. The number of carbonyl (C=O) groups is 2. The van der Waals surface area contributed by atoms with Crippen molar-refractivity contribution >= 4 is 28.0 Å². The van der Waals surface area contributed by atoms with Gasteiger partial charge in [0.05, 0.1) is 7.11 Å². The molecule has 0 spiro atoms. The third-order valence-corrected chi connectivity index (χ3v) is 2.71. The molecule has 0 radical (unpaired) electrons. The van der Waals surface area contributed by atoms with Gasteiger partial charge in [0.25, 0.3) is 0 Å². The molecule has 1 amide bonds. The lowest BCUT2D eigenvalue weighted by Gasteiger charge is -2.19. The summed E-state index contributed by atoms with van der Waals surface area (Å²) in [7, 11) is 1.33. The molecule has 0 atom stereocenters. The van der Waals surface area contributed by atoms with E-state index < -0.39 is 17.7 Å². The number of ether oxygens (including phenoxy) is 2. The molecule has 112 valence electrons. The molecule has 0 fully saturated rings. The Bertz CT molecular complexity index is 491. The highest BCUT2D eigenvalue weighted by Gasteiger charge is 2.16. The van der Waals surface area contributed by atoms with Gasteiger partial charge in [-0.1, -0.05) is 0 Å². The monoisotopic (exact) mass is 346 g/mol. The summed E-state index contributed by atoms with van der Waals surface area (Å²) in [5, 5.41) is 2.63. The fourth-order valence-corrected chi connectivity index (χ4v) is 1.99. The number of halogens is 1. The summed E-state index contributed by atoms with van der Waals surface area (Å²) < 4.78 is 12.3. The highest BCUT2D eigenvalue weighted by molar-refractivity contribution is 9.10. The van der Waals surface area contributed by atoms with E-state index in [1.807, 2.05) is 0 Å². The zero-order valence-electron chi connectivity index (χ0n) is 12.0. The van der Waals surface area contributed by atoms with Crippen molar-refractivity contribution in [2.75, 3.05) is 13.7 Å². The van der Waals surface area contributed by atoms with Crippen LogP contribution in [0.1, 0.15) is 31.3 Å². The van der Waals surface area contributed by atoms with Crippen LogP contribution < -0.4 is 5.32 Å². The van der Waals surface area contributed by atoms with E-state index in [-0.39, 0.29) is 0 Å². The van der Waals surface area contributed by atoms with Crippen molar-refractivity contribution in [2.24, 2.45) is 0 Å². The average Bonchev–Trinajstić information content (AvgIpc) is 2.67. The Hall–Kier alpha value is -1.50. The van der Waals surface area contributed by atoms with Gasteiger partial charge in [-0.15, -0.1) is 0 Å². The Morgan fingerprint density at radius 1 is 1.40 bits per heavy atom. The molecule has 0 bridgehead atoms. The molecular weight excluding hydrogens is 328 g/mol. The first-order valence-corrected chi connectivity index (χ1v) is 6.93. The van der Waals surface area contributed by atoms with Crippen LogP contribution in [0.2, 0.25) is 0 Å². The number of hydrogen-bond donors (Lipinski definition) is 1. The normalized spacial score (nSPS) is 11.1. The molecule has 1 aromatic rings. The fourth-order valence-electron chi connectivity index (χ4n) is 1.53. The van der Waals surface area contributed by atoms with E-state index in [1.54, 1.807) is 37.6 Å². The van der Waals surface area contributed by atoms with Crippen LogP contribution in [-0.4, -0.2) is 35.9 Å². The van der Waals surface area contributed by atoms with Crippen LogP contribution in [0, 0.1) is 0 Å². The van der Waals surface area contributed by atoms with Crippen molar-refractivity contribution in [1.29, 1.82) is 0 Å². The largest absolute Gasteiger partial charge is 0.464 e. The third-order valence-electron chi connectivity index (χ3n) is 2.28. The second kappa shape index (κ2) is 6.78. The van der Waals surface area contributed by atoms with Crippen molar-refractivity contribution in [3.63, 3.8) is 0 Å². The van der Waals surface area contributed by atoms with Gasteiger partial charge in [-0.3, -0.25) is 0 Å². The number of aromatic nitrogens is 1. The van der Waals surface area contributed by atoms with Crippen molar-refractivity contribution < 1.29 is 19.1 Å². The van der Waals surface area contributed by atoms with Crippen LogP contribution in [0.3, 0.4) is 0 Å². The topological polar surface area (TPSA) is 69.6 Å². The van der Waals surface area contributed by atoms with Crippen molar-refractivity contribution in [1.82, 2.24) is 9.88 Å². The summed E-state index contributed by atoms with van der Waals surface area (Å²) in [6.45, 7) is 6.18. The lowest BCUT2D eigenvalue weighted by atomic mass is 10.2. The maximum atomic E-state index is 11.6. The predicted octanol–water partition coefficient (Wildman–Crippen LogP) is 2.56. The van der Waals surface area contributed by atoms with Crippen LogP contribution in [0.15, 0.2) is 16.7 Å². The first-order valence-electron chi connectivity index (χ1n) is 6.14. The number of nitrogens with zero attached hydrogens (tertiary/aromatic N) is 1. The van der Waals surface area contributed by atoms with Crippen LogP contribution in [0.25, 0.3) is 0 Å². The zero-order valence-corrected chi connectivity index (χ0v) is 13.6. The smallest absolute Gasteiger partial charge is 0.407 e. The Kier molecular flexibility index (Phi) is 5.62. The van der Waals surface area contributed by atoms with E-state index in [4.69, 9.17) is 9.47 Å². The van der Waals surface area contributed by atoms with Crippen molar-refractivity contribution in [3.05, 3.63) is 22.4 Å². The maximum absolute atomic E-state index is 11.6. The minimum Gasteiger partial charge on any atom is -0.464 e. The molecule has 0 aromatic carbocycles. The Morgan fingerprint density at radius 2 is 2.05 bits per heavy atom. The maximum Gasteiger partial charge on any atom is 0.407 e. The number of carbonyl (C=O) groups excluding carboxylic acids is 2. The fraction of sp³-hybridized carbons (Fsp3) is 0.538. The minimum absolute atomic E-state index is 0.347. The molecule has 0 saturated carbocycles. The summed E-state index contributed by atoms with van der Waals surface area (Å²) in [5.41, 5.74) is -0.108.